The van der Waals surface area contributed by atoms with Gasteiger partial charge in [0.1, 0.15) is 9.84 Å². The van der Waals surface area contributed by atoms with E-state index < -0.39 is 9.84 Å². The van der Waals surface area contributed by atoms with Crippen LogP contribution in [0.1, 0.15) is 18.1 Å². The first kappa shape index (κ1) is 21.2. The van der Waals surface area contributed by atoms with Gasteiger partial charge in [0.05, 0.1) is 25.5 Å². The van der Waals surface area contributed by atoms with Crippen LogP contribution in [0.3, 0.4) is 0 Å². The first-order valence-electron chi connectivity index (χ1n) is 9.23. The minimum absolute atomic E-state index is 0.0409. The molecule has 8 heteroatoms. The molecule has 27 heavy (non-hydrogen) atoms. The number of aryl methyl sites for hydroxylation is 1. The Hall–Kier alpha value is -2.06. The van der Waals surface area contributed by atoms with Crippen LogP contribution in [-0.4, -0.2) is 64.2 Å². The minimum Gasteiger partial charge on any atom is -0.378 e. The van der Waals surface area contributed by atoms with E-state index >= 15 is 0 Å². The van der Waals surface area contributed by atoms with Gasteiger partial charge in [-0.3, -0.25) is 4.99 Å². The number of nitrogens with one attached hydrogen (secondary N) is 3. The number of ether oxygens (including phenoxy) is 1. The topological polar surface area (TPSA) is 95.6 Å². The molecule has 0 saturated heterocycles. The van der Waals surface area contributed by atoms with Gasteiger partial charge >= 0.3 is 0 Å². The molecule has 0 radical (unpaired) electrons. The Bertz CT molecular complexity index is 859. The molecule has 150 valence electrons. The first-order valence-corrected chi connectivity index (χ1v) is 11.3. The summed E-state index contributed by atoms with van der Waals surface area (Å²) >= 11 is 0. The minimum atomic E-state index is -2.98. The number of aromatic amines is 1. The first-order chi connectivity index (χ1) is 12.9. The summed E-state index contributed by atoms with van der Waals surface area (Å²) in [5, 5.41) is 7.78. The molecule has 0 bridgehead atoms. The van der Waals surface area contributed by atoms with Crippen LogP contribution in [0.5, 0.6) is 0 Å². The summed E-state index contributed by atoms with van der Waals surface area (Å²) in [6.07, 6.45) is 4.15. The van der Waals surface area contributed by atoms with Crippen LogP contribution in [0.2, 0.25) is 0 Å². The molecule has 2 aromatic rings. The number of hydrogen-bond donors (Lipinski definition) is 3. The Morgan fingerprint density at radius 2 is 2.07 bits per heavy atom. The van der Waals surface area contributed by atoms with Crippen molar-refractivity contribution in [3.05, 3.63) is 35.5 Å². The highest BCUT2D eigenvalue weighted by Crippen LogP contribution is 2.19. The van der Waals surface area contributed by atoms with Crippen molar-refractivity contribution in [3.63, 3.8) is 0 Å². The quantitative estimate of drug-likeness (QED) is 0.323. The summed E-state index contributed by atoms with van der Waals surface area (Å²) in [4.78, 5) is 7.78. The van der Waals surface area contributed by atoms with Crippen LogP contribution in [0.25, 0.3) is 10.9 Å². The van der Waals surface area contributed by atoms with Gasteiger partial charge in [0.2, 0.25) is 0 Å². The van der Waals surface area contributed by atoms with E-state index in [1.54, 1.807) is 0 Å². The summed E-state index contributed by atoms with van der Waals surface area (Å²) in [5.41, 5.74) is 3.68. The molecule has 0 saturated carbocycles. The van der Waals surface area contributed by atoms with Gasteiger partial charge in [-0.05, 0) is 37.5 Å². The number of sulfone groups is 1. The van der Waals surface area contributed by atoms with E-state index in [1.807, 2.05) is 6.92 Å². The third-order valence-corrected chi connectivity index (χ3v) is 4.97. The fraction of sp³-hybridized carbons (Fsp3) is 0.526. The van der Waals surface area contributed by atoms with Gasteiger partial charge in [0, 0.05) is 36.4 Å². The number of benzene rings is 1. The second-order valence-corrected chi connectivity index (χ2v) is 8.80. The zero-order valence-electron chi connectivity index (χ0n) is 16.3. The van der Waals surface area contributed by atoms with Crippen molar-refractivity contribution in [3.8, 4) is 0 Å². The number of aliphatic imine (C=N–C) groups is 1. The van der Waals surface area contributed by atoms with Crippen molar-refractivity contribution >= 4 is 26.7 Å². The molecule has 1 aromatic carbocycles. The molecule has 1 aromatic heterocycles. The number of hydrogen-bond acceptors (Lipinski definition) is 4. The van der Waals surface area contributed by atoms with Crippen LogP contribution in [0, 0.1) is 6.92 Å². The summed E-state index contributed by atoms with van der Waals surface area (Å²) in [6.45, 7) is 6.72. The molecule has 0 atom stereocenters. The van der Waals surface area contributed by atoms with Gasteiger partial charge in [-0.1, -0.05) is 12.1 Å². The maximum Gasteiger partial charge on any atom is 0.191 e. The van der Waals surface area contributed by atoms with Gasteiger partial charge in [-0.25, -0.2) is 8.42 Å². The summed E-state index contributed by atoms with van der Waals surface area (Å²) in [6, 6.07) is 6.44. The molecule has 0 spiro atoms. The molecular weight excluding hydrogens is 364 g/mol. The molecule has 1 heterocycles. The molecule has 2 rings (SSSR count). The fourth-order valence-corrected chi connectivity index (χ4v) is 3.12. The van der Waals surface area contributed by atoms with E-state index in [9.17, 15) is 8.42 Å². The maximum atomic E-state index is 11.0. The highest BCUT2D eigenvalue weighted by Gasteiger charge is 2.05. The third kappa shape index (κ3) is 7.60. The van der Waals surface area contributed by atoms with E-state index in [1.165, 1.54) is 22.8 Å². The number of H-pyrrole nitrogens is 1. The lowest BCUT2D eigenvalue weighted by atomic mass is 10.1. The number of fused-ring (bicyclic) bond motifs is 1. The fourth-order valence-electron chi connectivity index (χ4n) is 2.70. The van der Waals surface area contributed by atoms with Gasteiger partial charge in [-0.2, -0.15) is 0 Å². The van der Waals surface area contributed by atoms with E-state index in [0.717, 1.165) is 31.0 Å². The van der Waals surface area contributed by atoms with E-state index in [0.29, 0.717) is 13.2 Å². The summed E-state index contributed by atoms with van der Waals surface area (Å²) < 4.78 is 27.4. The van der Waals surface area contributed by atoms with Gasteiger partial charge in [0.25, 0.3) is 0 Å². The Morgan fingerprint density at radius 3 is 2.81 bits per heavy atom. The molecule has 0 fully saturated rings. The number of rotatable bonds is 10. The average molecular weight is 395 g/mol. The predicted octanol–water partition coefficient (Wildman–Crippen LogP) is 1.64. The van der Waals surface area contributed by atoms with Gasteiger partial charge in [-0.15, -0.1) is 0 Å². The Kier molecular flexibility index (Phi) is 8.12. The molecular formula is C19H30N4O3S. The zero-order chi connectivity index (χ0) is 19.7. The second kappa shape index (κ2) is 10.3. The van der Waals surface area contributed by atoms with Crippen LogP contribution < -0.4 is 10.6 Å². The second-order valence-electron chi connectivity index (χ2n) is 6.54. The highest BCUT2D eigenvalue weighted by molar-refractivity contribution is 7.90. The van der Waals surface area contributed by atoms with Crippen LogP contribution >= 0.6 is 0 Å². The molecule has 0 aliphatic heterocycles. The van der Waals surface area contributed by atoms with Crippen molar-refractivity contribution in [1.82, 2.24) is 15.6 Å². The normalized spacial score (nSPS) is 12.5. The molecule has 0 aliphatic carbocycles. The van der Waals surface area contributed by atoms with E-state index in [4.69, 9.17) is 4.74 Å². The average Bonchev–Trinajstić information content (AvgIpc) is 2.99. The molecule has 0 unspecified atom stereocenters. The van der Waals surface area contributed by atoms with E-state index in [-0.39, 0.29) is 12.4 Å². The zero-order valence-corrected chi connectivity index (χ0v) is 17.2. The smallest absolute Gasteiger partial charge is 0.191 e. The summed E-state index contributed by atoms with van der Waals surface area (Å²) in [7, 11) is -2.98. The van der Waals surface area contributed by atoms with Crippen LogP contribution in [-0.2, 0) is 21.0 Å². The number of nitrogens with zero attached hydrogens (tertiary/aromatic N) is 1. The SMILES string of the molecule is CCNC(=NCCOCCS(C)(=O)=O)NCCc1c[nH]c2cc(C)ccc12. The Morgan fingerprint density at radius 1 is 1.26 bits per heavy atom. The van der Waals surface area contributed by atoms with Crippen LogP contribution in [0.15, 0.2) is 29.4 Å². The van der Waals surface area contributed by atoms with Crippen molar-refractivity contribution in [1.29, 1.82) is 0 Å². The summed E-state index contributed by atoms with van der Waals surface area (Å²) in [5.74, 6) is 0.777. The lowest BCUT2D eigenvalue weighted by molar-refractivity contribution is 0.157. The molecule has 0 amide bonds. The Labute approximate surface area is 161 Å². The third-order valence-electron chi connectivity index (χ3n) is 4.06. The van der Waals surface area contributed by atoms with Crippen molar-refractivity contribution in [2.24, 2.45) is 4.99 Å². The number of aromatic nitrogens is 1. The van der Waals surface area contributed by atoms with Crippen molar-refractivity contribution < 1.29 is 13.2 Å². The standard InChI is InChI=1S/C19H30N4O3S/c1-4-20-19(22-9-10-26-11-12-27(3,24)25)21-8-7-16-14-23-18-13-15(2)5-6-17(16)18/h5-6,13-14,23H,4,7-12H2,1-3H3,(H2,20,21,22). The predicted molar refractivity (Wildman–Crippen MR) is 111 cm³/mol. The largest absolute Gasteiger partial charge is 0.378 e. The van der Waals surface area contributed by atoms with Crippen LogP contribution in [0.4, 0.5) is 0 Å². The van der Waals surface area contributed by atoms with Gasteiger partial charge < -0.3 is 20.4 Å². The van der Waals surface area contributed by atoms with E-state index in [2.05, 4.69) is 51.9 Å². The molecule has 7 nitrogen and oxygen atoms in total. The van der Waals surface area contributed by atoms with Crippen molar-refractivity contribution in [2.75, 3.05) is 44.9 Å². The molecule has 3 N–H and O–H groups in total. The lowest BCUT2D eigenvalue weighted by Gasteiger charge is -2.11. The maximum absolute atomic E-state index is 11.0. The molecule has 0 aliphatic rings. The highest BCUT2D eigenvalue weighted by atomic mass is 32.2. The van der Waals surface area contributed by atoms with Gasteiger partial charge in [0.15, 0.2) is 5.96 Å². The Balaban J connectivity index is 1.77. The van der Waals surface area contributed by atoms with Crippen molar-refractivity contribution in [2.45, 2.75) is 20.3 Å². The monoisotopic (exact) mass is 394 g/mol. The number of guanidine groups is 1. The lowest BCUT2D eigenvalue weighted by Crippen LogP contribution is -2.38.